The molecule has 0 unspecified atom stereocenters. The second-order valence-corrected chi connectivity index (χ2v) is 11.0. The lowest BCUT2D eigenvalue weighted by molar-refractivity contribution is -0.117. The first-order valence-corrected chi connectivity index (χ1v) is 12.4. The molecule has 1 aromatic carbocycles. The SMILES string of the molecule is CNc1ncc(C#Cc2ccc(P(C)(C)=O)cc2)c2cc(NC(=O)C3CC3)ncc12. The fraction of sp³-hybridized carbons (Fsp3) is 0.261. The molecule has 2 N–H and O–H groups in total. The number of fused-ring (bicyclic) bond motifs is 1. The minimum absolute atomic E-state index is 0.0154. The number of carbonyl (C=O) groups is 1. The Morgan fingerprint density at radius 3 is 2.43 bits per heavy atom. The number of aromatic nitrogens is 2. The van der Waals surface area contributed by atoms with Gasteiger partial charge in [0, 0.05) is 47.0 Å². The zero-order chi connectivity index (χ0) is 21.3. The highest BCUT2D eigenvalue weighted by Crippen LogP contribution is 2.34. The van der Waals surface area contributed by atoms with Gasteiger partial charge in [0.15, 0.2) is 0 Å². The molecule has 1 amide bonds. The zero-order valence-electron chi connectivity index (χ0n) is 17.2. The third-order valence-electron chi connectivity index (χ3n) is 5.04. The van der Waals surface area contributed by atoms with Crippen LogP contribution in [0.2, 0.25) is 0 Å². The standard InChI is InChI=1S/C23H23N4O2P/c1-24-22-20-14-25-21(27-23(28)16-8-9-16)12-19(20)17(13-26-22)7-4-15-5-10-18(11-6-15)30(2,3)29/h5-6,10-14,16H,8-9H2,1-3H3,(H,24,26)(H,25,27,28). The maximum atomic E-state index is 12.2. The Balaban J connectivity index is 1.70. The third-order valence-corrected chi connectivity index (χ3v) is 6.58. The normalized spacial score (nSPS) is 13.4. The van der Waals surface area contributed by atoms with Gasteiger partial charge in [-0.25, -0.2) is 9.97 Å². The van der Waals surface area contributed by atoms with Crippen LogP contribution in [0.1, 0.15) is 24.0 Å². The molecule has 6 nitrogen and oxygen atoms in total. The van der Waals surface area contributed by atoms with E-state index in [1.165, 1.54) is 0 Å². The smallest absolute Gasteiger partial charge is 0.228 e. The summed E-state index contributed by atoms with van der Waals surface area (Å²) in [7, 11) is -0.480. The average Bonchev–Trinajstić information content (AvgIpc) is 3.57. The van der Waals surface area contributed by atoms with Crippen molar-refractivity contribution in [1.29, 1.82) is 0 Å². The number of nitrogens with zero attached hydrogens (tertiary/aromatic N) is 2. The molecule has 0 aliphatic heterocycles. The Morgan fingerprint density at radius 2 is 1.80 bits per heavy atom. The van der Waals surface area contributed by atoms with E-state index in [0.717, 1.165) is 40.0 Å². The molecule has 1 saturated carbocycles. The van der Waals surface area contributed by atoms with E-state index in [2.05, 4.69) is 32.4 Å². The number of hydrogen-bond donors (Lipinski definition) is 2. The van der Waals surface area contributed by atoms with Crippen molar-refractivity contribution in [3.8, 4) is 11.8 Å². The van der Waals surface area contributed by atoms with Crippen molar-refractivity contribution in [2.45, 2.75) is 12.8 Å². The molecule has 0 spiro atoms. The van der Waals surface area contributed by atoms with Gasteiger partial charge >= 0.3 is 0 Å². The zero-order valence-corrected chi connectivity index (χ0v) is 18.1. The van der Waals surface area contributed by atoms with Gasteiger partial charge in [-0.15, -0.1) is 0 Å². The van der Waals surface area contributed by atoms with Gasteiger partial charge < -0.3 is 15.2 Å². The summed E-state index contributed by atoms with van der Waals surface area (Å²) in [5.74, 6) is 7.67. The second-order valence-electron chi connectivity index (χ2n) is 7.80. The Morgan fingerprint density at radius 1 is 1.07 bits per heavy atom. The van der Waals surface area contributed by atoms with Crippen molar-refractivity contribution in [3.05, 3.63) is 53.9 Å². The number of anilines is 2. The number of benzene rings is 1. The molecule has 2 aromatic heterocycles. The molecule has 3 aromatic rings. The van der Waals surface area contributed by atoms with E-state index >= 15 is 0 Å². The van der Waals surface area contributed by atoms with Crippen molar-refractivity contribution in [2.75, 3.05) is 31.0 Å². The number of pyridine rings is 2. The van der Waals surface area contributed by atoms with Crippen molar-refractivity contribution >= 4 is 40.8 Å². The summed E-state index contributed by atoms with van der Waals surface area (Å²) >= 11 is 0. The van der Waals surface area contributed by atoms with Crippen LogP contribution in [0.15, 0.2) is 42.7 Å². The molecular weight excluding hydrogens is 395 g/mol. The van der Waals surface area contributed by atoms with Crippen LogP contribution < -0.4 is 15.9 Å². The molecule has 1 aliphatic carbocycles. The number of hydrogen-bond acceptors (Lipinski definition) is 5. The molecule has 152 valence electrons. The predicted octanol–water partition coefficient (Wildman–Crippen LogP) is 3.67. The van der Waals surface area contributed by atoms with Gasteiger partial charge in [0.2, 0.25) is 5.91 Å². The van der Waals surface area contributed by atoms with E-state index in [1.54, 1.807) is 32.8 Å². The Bertz CT molecular complexity index is 1230. The topological polar surface area (TPSA) is 84.0 Å². The summed E-state index contributed by atoms with van der Waals surface area (Å²) in [6, 6.07) is 9.32. The molecule has 1 fully saturated rings. The highest BCUT2D eigenvalue weighted by molar-refractivity contribution is 7.70. The van der Waals surface area contributed by atoms with E-state index in [-0.39, 0.29) is 11.8 Å². The summed E-state index contributed by atoms with van der Waals surface area (Å²) in [5.41, 5.74) is 1.57. The Labute approximate surface area is 175 Å². The molecule has 4 rings (SSSR count). The summed E-state index contributed by atoms with van der Waals surface area (Å²) in [5, 5.41) is 8.49. The number of rotatable bonds is 4. The van der Waals surface area contributed by atoms with Gasteiger partial charge in [0.1, 0.15) is 18.8 Å². The summed E-state index contributed by atoms with van der Waals surface area (Å²) in [4.78, 5) is 20.9. The Hall–Kier alpha value is -3.16. The van der Waals surface area contributed by atoms with Crippen LogP contribution >= 0.6 is 7.14 Å². The fourth-order valence-electron chi connectivity index (χ4n) is 3.12. The van der Waals surface area contributed by atoms with Gasteiger partial charge in [0.25, 0.3) is 0 Å². The number of nitrogens with one attached hydrogen (secondary N) is 2. The Kier molecular flexibility index (Phi) is 5.32. The maximum absolute atomic E-state index is 12.2. The first-order chi connectivity index (χ1) is 14.3. The molecule has 7 heteroatoms. The van der Waals surface area contributed by atoms with Gasteiger partial charge in [-0.3, -0.25) is 4.79 Å². The van der Waals surface area contributed by atoms with E-state index in [4.69, 9.17) is 0 Å². The van der Waals surface area contributed by atoms with Gasteiger partial charge in [-0.2, -0.15) is 0 Å². The lowest BCUT2D eigenvalue weighted by Gasteiger charge is -2.09. The van der Waals surface area contributed by atoms with Crippen LogP contribution in [0.5, 0.6) is 0 Å². The first kappa shape index (κ1) is 20.1. The van der Waals surface area contributed by atoms with Crippen LogP contribution in [0, 0.1) is 17.8 Å². The van der Waals surface area contributed by atoms with Crippen LogP contribution in [0.3, 0.4) is 0 Å². The number of carbonyl (C=O) groups excluding carboxylic acids is 1. The molecule has 0 atom stereocenters. The second kappa shape index (κ2) is 7.93. The molecule has 0 saturated heterocycles. The summed E-state index contributed by atoms with van der Waals surface area (Å²) in [6.07, 6.45) is 5.30. The monoisotopic (exact) mass is 418 g/mol. The van der Waals surface area contributed by atoms with E-state index < -0.39 is 7.14 Å². The maximum Gasteiger partial charge on any atom is 0.228 e. The van der Waals surface area contributed by atoms with E-state index in [0.29, 0.717) is 11.6 Å². The van der Waals surface area contributed by atoms with Crippen LogP contribution in [0.4, 0.5) is 11.6 Å². The largest absolute Gasteiger partial charge is 0.373 e. The lowest BCUT2D eigenvalue weighted by atomic mass is 10.1. The van der Waals surface area contributed by atoms with Crippen molar-refractivity contribution in [1.82, 2.24) is 9.97 Å². The van der Waals surface area contributed by atoms with Crippen molar-refractivity contribution in [3.63, 3.8) is 0 Å². The van der Waals surface area contributed by atoms with Crippen LogP contribution in [0.25, 0.3) is 10.8 Å². The highest BCUT2D eigenvalue weighted by atomic mass is 31.2. The van der Waals surface area contributed by atoms with Crippen molar-refractivity contribution in [2.24, 2.45) is 5.92 Å². The third kappa shape index (κ3) is 4.37. The van der Waals surface area contributed by atoms with Gasteiger partial charge in [-0.05, 0) is 44.4 Å². The van der Waals surface area contributed by atoms with Crippen molar-refractivity contribution < 1.29 is 9.36 Å². The van der Waals surface area contributed by atoms with Gasteiger partial charge in [-0.1, -0.05) is 24.0 Å². The van der Waals surface area contributed by atoms with E-state index in [1.807, 2.05) is 30.3 Å². The minimum Gasteiger partial charge on any atom is -0.373 e. The molecular formula is C23H23N4O2P. The molecule has 0 bridgehead atoms. The molecule has 30 heavy (non-hydrogen) atoms. The highest BCUT2D eigenvalue weighted by Gasteiger charge is 2.29. The van der Waals surface area contributed by atoms with E-state index in [9.17, 15) is 9.36 Å². The molecule has 0 radical (unpaired) electrons. The summed E-state index contributed by atoms with van der Waals surface area (Å²) < 4.78 is 12.2. The molecule has 1 aliphatic rings. The minimum atomic E-state index is -2.28. The fourth-order valence-corrected chi connectivity index (χ4v) is 3.99. The predicted molar refractivity (Wildman–Crippen MR) is 122 cm³/mol. The van der Waals surface area contributed by atoms with Crippen LogP contribution in [-0.4, -0.2) is 36.3 Å². The average molecular weight is 418 g/mol. The summed E-state index contributed by atoms with van der Waals surface area (Å²) in [6.45, 7) is 3.50. The first-order valence-electron chi connectivity index (χ1n) is 9.80. The lowest BCUT2D eigenvalue weighted by Crippen LogP contribution is -2.14. The van der Waals surface area contributed by atoms with Crippen LogP contribution in [-0.2, 0) is 9.36 Å². The number of amides is 1. The quantitative estimate of drug-likeness (QED) is 0.499. The molecule has 2 heterocycles. The van der Waals surface area contributed by atoms with Gasteiger partial charge in [0.05, 0.1) is 5.56 Å².